The van der Waals surface area contributed by atoms with Crippen molar-refractivity contribution in [3.8, 4) is 17.1 Å². The van der Waals surface area contributed by atoms with Crippen LogP contribution in [0.3, 0.4) is 0 Å². The largest absolute Gasteiger partial charge is 0.488 e. The topological polar surface area (TPSA) is 107 Å². The Morgan fingerprint density at radius 3 is 2.51 bits per heavy atom. The predicted molar refractivity (Wildman–Crippen MR) is 158 cm³/mol. The van der Waals surface area contributed by atoms with Crippen molar-refractivity contribution in [1.82, 2.24) is 19.9 Å². The Bertz CT molecular complexity index is 1490. The number of hydrogen-bond acceptors (Lipinski definition) is 7. The van der Waals surface area contributed by atoms with Gasteiger partial charge >= 0.3 is 12.1 Å². The lowest BCUT2D eigenvalue weighted by atomic mass is 9.94. The summed E-state index contributed by atoms with van der Waals surface area (Å²) in [5, 5.41) is 0. The molecule has 1 atom stereocenters. The highest BCUT2D eigenvalue weighted by Gasteiger charge is 2.21. The second-order valence-corrected chi connectivity index (χ2v) is 11.0. The number of carbonyl (C=O) groups excluding carboxylic acids is 2. The molecule has 0 aliphatic rings. The van der Waals surface area contributed by atoms with E-state index in [1.807, 2.05) is 63.4 Å². The molecule has 2 heterocycles. The number of esters is 1. The van der Waals surface area contributed by atoms with E-state index in [9.17, 15) is 9.59 Å². The van der Waals surface area contributed by atoms with E-state index >= 15 is 0 Å². The Kier molecular flexibility index (Phi) is 9.27. The molecule has 1 N–H and O–H groups in total. The van der Waals surface area contributed by atoms with Crippen LogP contribution in [0.5, 0.6) is 5.75 Å². The summed E-state index contributed by atoms with van der Waals surface area (Å²) in [7, 11) is 3.10. The maximum absolute atomic E-state index is 12.6. The van der Waals surface area contributed by atoms with Crippen LogP contribution in [-0.2, 0) is 16.1 Å². The van der Waals surface area contributed by atoms with Gasteiger partial charge in [0.1, 0.15) is 29.3 Å². The fourth-order valence-electron chi connectivity index (χ4n) is 4.47. The third kappa shape index (κ3) is 7.63. The van der Waals surface area contributed by atoms with Gasteiger partial charge in [0.2, 0.25) is 0 Å². The van der Waals surface area contributed by atoms with Crippen molar-refractivity contribution in [2.24, 2.45) is 0 Å². The molecule has 2 aromatic heterocycles. The molecule has 2 aromatic carbocycles. The molecule has 1 amide bonds. The van der Waals surface area contributed by atoms with E-state index < -0.39 is 11.6 Å². The fraction of sp³-hybridized carbons (Fsp3) is 0.375. The molecule has 0 fully saturated rings. The number of fused-ring (bicyclic) bond motifs is 1. The van der Waals surface area contributed by atoms with Gasteiger partial charge in [0, 0.05) is 25.4 Å². The summed E-state index contributed by atoms with van der Waals surface area (Å²) in [4.78, 5) is 39.2. The van der Waals surface area contributed by atoms with Gasteiger partial charge in [-0.25, -0.2) is 19.6 Å². The number of imidazole rings is 1. The maximum atomic E-state index is 12.6. The number of carbonyl (C=O) groups is 2. The minimum absolute atomic E-state index is 0.204. The zero-order valence-electron chi connectivity index (χ0n) is 24.6. The molecule has 0 bridgehead atoms. The van der Waals surface area contributed by atoms with Crippen LogP contribution in [-0.4, -0.2) is 58.2 Å². The number of aromatic nitrogens is 3. The van der Waals surface area contributed by atoms with Crippen molar-refractivity contribution < 1.29 is 23.8 Å². The maximum Gasteiger partial charge on any atom is 0.410 e. The Morgan fingerprint density at radius 2 is 1.83 bits per heavy atom. The highest BCUT2D eigenvalue weighted by Crippen LogP contribution is 2.30. The van der Waals surface area contributed by atoms with Gasteiger partial charge in [-0.1, -0.05) is 37.3 Å². The molecular weight excluding hydrogens is 520 g/mol. The average Bonchev–Trinajstić information content (AvgIpc) is 3.39. The first-order valence-corrected chi connectivity index (χ1v) is 13.8. The van der Waals surface area contributed by atoms with Crippen LogP contribution in [0, 0.1) is 0 Å². The van der Waals surface area contributed by atoms with E-state index in [2.05, 4.69) is 27.9 Å². The monoisotopic (exact) mass is 558 g/mol. The molecule has 4 aromatic rings. The number of aromatic amines is 1. The number of ether oxygens (including phenoxy) is 3. The quantitative estimate of drug-likeness (QED) is 0.215. The molecule has 1 unspecified atom stereocenters. The minimum atomic E-state index is -0.532. The summed E-state index contributed by atoms with van der Waals surface area (Å²) < 4.78 is 16.4. The van der Waals surface area contributed by atoms with Gasteiger partial charge in [0.25, 0.3) is 0 Å². The highest BCUT2D eigenvalue weighted by molar-refractivity contribution is 5.94. The van der Waals surface area contributed by atoms with E-state index in [-0.39, 0.29) is 12.0 Å². The summed E-state index contributed by atoms with van der Waals surface area (Å²) in [6.07, 6.45) is 3.17. The van der Waals surface area contributed by atoms with Crippen molar-refractivity contribution in [2.75, 3.05) is 20.7 Å². The summed E-state index contributed by atoms with van der Waals surface area (Å²) >= 11 is 0. The normalized spacial score (nSPS) is 12.1. The number of methoxy groups -OCH3 is 1. The Labute approximate surface area is 240 Å². The Hall–Kier alpha value is -4.40. The lowest BCUT2D eigenvalue weighted by Crippen LogP contribution is -2.35. The molecular formula is C32H38N4O5. The van der Waals surface area contributed by atoms with E-state index in [1.165, 1.54) is 7.11 Å². The third-order valence-corrected chi connectivity index (χ3v) is 6.74. The molecule has 0 saturated heterocycles. The summed E-state index contributed by atoms with van der Waals surface area (Å²) in [6, 6.07) is 17.1. The van der Waals surface area contributed by atoms with Crippen LogP contribution in [0.4, 0.5) is 4.79 Å². The number of H-pyrrole nitrogens is 1. The van der Waals surface area contributed by atoms with Gasteiger partial charge in [-0.05, 0) is 74.9 Å². The molecule has 9 heteroatoms. The number of benzene rings is 2. The second-order valence-electron chi connectivity index (χ2n) is 11.0. The predicted octanol–water partition coefficient (Wildman–Crippen LogP) is 6.74. The zero-order valence-corrected chi connectivity index (χ0v) is 24.6. The summed E-state index contributed by atoms with van der Waals surface area (Å²) in [5.74, 6) is 0.731. The lowest BCUT2D eigenvalue weighted by Gasteiger charge is -2.26. The van der Waals surface area contributed by atoms with E-state index in [1.54, 1.807) is 24.1 Å². The van der Waals surface area contributed by atoms with Crippen LogP contribution < -0.4 is 4.74 Å². The number of rotatable bonds is 10. The van der Waals surface area contributed by atoms with Crippen molar-refractivity contribution in [2.45, 2.75) is 58.7 Å². The third-order valence-electron chi connectivity index (χ3n) is 6.74. The second kappa shape index (κ2) is 12.8. The first kappa shape index (κ1) is 29.6. The van der Waals surface area contributed by atoms with Crippen molar-refractivity contribution >= 4 is 23.2 Å². The van der Waals surface area contributed by atoms with Gasteiger partial charge in [0.15, 0.2) is 5.65 Å². The molecule has 0 aliphatic heterocycles. The standard InChI is InChI=1S/C32H38N4O5/c1-7-22(15-16-36(5)31(38)41-32(2,3)4)24-18-26-29(33-19-24)35-28(34-26)23-13-14-27(25(17-23)30(37)39-6)40-20-21-11-9-8-10-12-21/h8-14,17-19,22H,7,15-16,20H2,1-6H3,(H,33,34,35). The van der Waals surface area contributed by atoms with Crippen LogP contribution in [0.15, 0.2) is 60.8 Å². The number of nitrogens with one attached hydrogen (secondary N) is 1. The molecule has 4 rings (SSSR count). The molecule has 0 saturated carbocycles. The number of pyridine rings is 1. The summed E-state index contributed by atoms with van der Waals surface area (Å²) in [6.45, 7) is 8.59. The van der Waals surface area contributed by atoms with Crippen LogP contribution in [0.25, 0.3) is 22.6 Å². The van der Waals surface area contributed by atoms with Crippen LogP contribution in [0.2, 0.25) is 0 Å². The Balaban J connectivity index is 1.52. The van der Waals surface area contributed by atoms with Gasteiger partial charge < -0.3 is 24.1 Å². The van der Waals surface area contributed by atoms with Gasteiger partial charge in [-0.15, -0.1) is 0 Å². The van der Waals surface area contributed by atoms with Gasteiger partial charge in [0.05, 0.1) is 12.6 Å². The van der Waals surface area contributed by atoms with Crippen LogP contribution >= 0.6 is 0 Å². The molecule has 0 aliphatic carbocycles. The highest BCUT2D eigenvalue weighted by atomic mass is 16.6. The SMILES string of the molecule is CCC(CCN(C)C(=O)OC(C)(C)C)c1cnc2nc(-c3ccc(OCc4ccccc4)c(C(=O)OC)c3)[nH]c2c1. The molecule has 9 nitrogen and oxygen atoms in total. The van der Waals surface area contributed by atoms with Crippen molar-refractivity contribution in [3.63, 3.8) is 0 Å². The van der Waals surface area contributed by atoms with Crippen LogP contribution in [0.1, 0.15) is 67.9 Å². The van der Waals surface area contributed by atoms with E-state index in [0.717, 1.165) is 29.5 Å². The van der Waals surface area contributed by atoms with Gasteiger partial charge in [-0.3, -0.25) is 0 Å². The fourth-order valence-corrected chi connectivity index (χ4v) is 4.47. The number of amides is 1. The molecule has 41 heavy (non-hydrogen) atoms. The van der Waals surface area contributed by atoms with E-state index in [4.69, 9.17) is 14.2 Å². The van der Waals surface area contributed by atoms with Gasteiger partial charge in [-0.2, -0.15) is 0 Å². The molecule has 0 radical (unpaired) electrons. The number of hydrogen-bond donors (Lipinski definition) is 1. The lowest BCUT2D eigenvalue weighted by molar-refractivity contribution is 0.0293. The number of nitrogens with zero attached hydrogens (tertiary/aromatic N) is 3. The molecule has 216 valence electrons. The van der Waals surface area contributed by atoms with Crippen molar-refractivity contribution in [1.29, 1.82) is 0 Å². The minimum Gasteiger partial charge on any atom is -0.488 e. The zero-order chi connectivity index (χ0) is 29.6. The Morgan fingerprint density at radius 1 is 1.07 bits per heavy atom. The smallest absolute Gasteiger partial charge is 0.410 e. The first-order chi connectivity index (χ1) is 19.6. The first-order valence-electron chi connectivity index (χ1n) is 13.8. The average molecular weight is 559 g/mol. The summed E-state index contributed by atoms with van der Waals surface area (Å²) in [5.41, 5.74) is 3.92. The van der Waals surface area contributed by atoms with Crippen molar-refractivity contribution in [3.05, 3.63) is 77.5 Å². The van der Waals surface area contributed by atoms with E-state index in [0.29, 0.717) is 41.5 Å². The molecule has 0 spiro atoms.